The van der Waals surface area contributed by atoms with Gasteiger partial charge >= 0.3 is 6.03 Å². The lowest BCUT2D eigenvalue weighted by molar-refractivity contribution is -0.127. The average Bonchev–Trinajstić information content (AvgIpc) is 3.48. The minimum absolute atomic E-state index is 0.236. The molecule has 1 atom stereocenters. The van der Waals surface area contributed by atoms with Crippen molar-refractivity contribution in [3.05, 3.63) is 94.9 Å². The molecule has 2 N–H and O–H groups in total. The molecule has 7 heteroatoms. The number of Topliss-reactive ketones (excluding diaryl/α,β-unsaturated/α-hetero) is 1. The van der Waals surface area contributed by atoms with E-state index in [1.807, 2.05) is 68.6 Å². The van der Waals surface area contributed by atoms with Crippen molar-refractivity contribution in [1.82, 2.24) is 19.8 Å². The van der Waals surface area contributed by atoms with Crippen LogP contribution >= 0.6 is 0 Å². The molecule has 0 radical (unpaired) electrons. The van der Waals surface area contributed by atoms with Gasteiger partial charge in [0.15, 0.2) is 5.78 Å². The number of nitrogens with zero attached hydrogens (tertiary/aromatic N) is 2. The van der Waals surface area contributed by atoms with Gasteiger partial charge in [-0.2, -0.15) is 0 Å². The highest BCUT2D eigenvalue weighted by atomic mass is 16.2. The molecule has 1 saturated heterocycles. The summed E-state index contributed by atoms with van der Waals surface area (Å²) in [5.74, 6) is -0.605. The summed E-state index contributed by atoms with van der Waals surface area (Å²) < 4.78 is 2.12. The molecule has 3 amide bonds. The normalized spacial score (nSPS) is 15.7. The van der Waals surface area contributed by atoms with Gasteiger partial charge in [-0.25, -0.2) is 4.79 Å². The minimum Gasteiger partial charge on any atom is -0.361 e. The van der Waals surface area contributed by atoms with Crippen LogP contribution in [0, 0.1) is 13.8 Å². The zero-order chi connectivity index (χ0) is 24.5. The number of rotatable bonds is 8. The van der Waals surface area contributed by atoms with Gasteiger partial charge in [-0.3, -0.25) is 14.5 Å². The number of fused-ring (bicyclic) bond motifs is 1. The number of para-hydroxylation sites is 1. The van der Waals surface area contributed by atoms with Gasteiger partial charge in [-0.05, 0) is 43.5 Å². The zero-order valence-electron chi connectivity index (χ0n) is 19.9. The molecule has 1 aliphatic heterocycles. The molecule has 0 aliphatic carbocycles. The molecule has 1 unspecified atom stereocenters. The number of hydrogen-bond acceptors (Lipinski definition) is 3. The zero-order valence-corrected chi connectivity index (χ0v) is 19.9. The van der Waals surface area contributed by atoms with E-state index >= 15 is 0 Å². The van der Waals surface area contributed by atoms with E-state index in [1.54, 1.807) is 0 Å². The summed E-state index contributed by atoms with van der Waals surface area (Å²) in [5, 5.41) is 3.77. The second-order valence-corrected chi connectivity index (χ2v) is 9.09. The summed E-state index contributed by atoms with van der Waals surface area (Å²) in [6, 6.07) is 18.7. The molecular weight excluding hydrogens is 440 g/mol. The van der Waals surface area contributed by atoms with Crippen molar-refractivity contribution in [2.75, 3.05) is 6.54 Å². The van der Waals surface area contributed by atoms with E-state index in [-0.39, 0.29) is 18.2 Å². The van der Waals surface area contributed by atoms with E-state index in [0.717, 1.165) is 45.7 Å². The number of amides is 3. The number of carbonyl (C=O) groups is 3. The lowest BCUT2D eigenvalue weighted by Gasteiger charge is -2.13. The van der Waals surface area contributed by atoms with Crippen molar-refractivity contribution >= 4 is 28.6 Å². The third-order valence-electron chi connectivity index (χ3n) is 6.85. The molecule has 0 bridgehead atoms. The summed E-state index contributed by atoms with van der Waals surface area (Å²) in [6.45, 7) is 4.37. The molecule has 178 valence electrons. The number of aromatic amines is 1. The van der Waals surface area contributed by atoms with Crippen LogP contribution in [0.5, 0.6) is 0 Å². The minimum atomic E-state index is -0.687. The molecule has 7 nitrogen and oxygen atoms in total. The number of nitrogens with one attached hydrogen (secondary N) is 2. The van der Waals surface area contributed by atoms with E-state index in [4.69, 9.17) is 0 Å². The number of carbonyl (C=O) groups excluding carboxylic acids is 3. The maximum Gasteiger partial charge on any atom is 0.325 e. The van der Waals surface area contributed by atoms with Crippen LogP contribution in [0.15, 0.2) is 66.9 Å². The number of imide groups is 1. The monoisotopic (exact) mass is 468 g/mol. The fourth-order valence-corrected chi connectivity index (χ4v) is 4.93. The Balaban J connectivity index is 1.27. The Morgan fingerprint density at radius 3 is 2.54 bits per heavy atom. The highest BCUT2D eigenvalue weighted by molar-refractivity contribution is 6.09. The van der Waals surface area contributed by atoms with Crippen LogP contribution in [-0.2, 0) is 24.2 Å². The van der Waals surface area contributed by atoms with Crippen molar-refractivity contribution in [3.63, 3.8) is 0 Å². The van der Waals surface area contributed by atoms with Crippen LogP contribution in [0.4, 0.5) is 4.79 Å². The fraction of sp³-hybridized carbons (Fsp3) is 0.250. The Kier molecular flexibility index (Phi) is 5.99. The first-order valence-electron chi connectivity index (χ1n) is 11.8. The molecule has 0 spiro atoms. The van der Waals surface area contributed by atoms with E-state index < -0.39 is 12.1 Å². The van der Waals surface area contributed by atoms with Gasteiger partial charge in [-0.1, -0.05) is 48.5 Å². The van der Waals surface area contributed by atoms with Crippen molar-refractivity contribution in [1.29, 1.82) is 0 Å². The Bertz CT molecular complexity index is 1420. The number of aryl methyl sites for hydroxylation is 2. The molecular formula is C28H28N4O3. The first kappa shape index (κ1) is 22.7. The second-order valence-electron chi connectivity index (χ2n) is 9.09. The maximum absolute atomic E-state index is 13.2. The van der Waals surface area contributed by atoms with Crippen molar-refractivity contribution < 1.29 is 14.4 Å². The quantitative estimate of drug-likeness (QED) is 0.301. The van der Waals surface area contributed by atoms with Crippen LogP contribution in [0.2, 0.25) is 0 Å². The van der Waals surface area contributed by atoms with Crippen molar-refractivity contribution in [2.24, 2.45) is 0 Å². The standard InChI is InChI=1S/C28H28N4O3/c1-18-14-23(19(2)31(18)13-12-20-8-4-3-5-9-20)26(33)17-32-27(34)25(30-28(32)35)15-21-16-29-24-11-7-6-10-22(21)24/h3-11,14,16,25,29H,12-13,15,17H2,1-2H3,(H,30,35). The van der Waals surface area contributed by atoms with Crippen molar-refractivity contribution in [2.45, 2.75) is 39.3 Å². The van der Waals surface area contributed by atoms with Gasteiger partial charge in [-0.15, -0.1) is 0 Å². The van der Waals surface area contributed by atoms with Gasteiger partial charge in [0.25, 0.3) is 5.91 Å². The van der Waals surface area contributed by atoms with Gasteiger partial charge in [0.05, 0.1) is 6.54 Å². The number of ketones is 1. The number of benzene rings is 2. The van der Waals surface area contributed by atoms with E-state index in [0.29, 0.717) is 12.0 Å². The lowest BCUT2D eigenvalue weighted by Crippen LogP contribution is -2.36. The Morgan fingerprint density at radius 2 is 1.74 bits per heavy atom. The lowest BCUT2D eigenvalue weighted by atomic mass is 10.0. The van der Waals surface area contributed by atoms with E-state index in [9.17, 15) is 14.4 Å². The van der Waals surface area contributed by atoms with E-state index in [1.165, 1.54) is 5.56 Å². The van der Waals surface area contributed by atoms with Gasteiger partial charge in [0.1, 0.15) is 6.04 Å². The smallest absolute Gasteiger partial charge is 0.325 e. The van der Waals surface area contributed by atoms with Crippen LogP contribution in [0.3, 0.4) is 0 Å². The summed E-state index contributed by atoms with van der Waals surface area (Å²) in [4.78, 5) is 43.0. The summed E-state index contributed by atoms with van der Waals surface area (Å²) >= 11 is 0. The Morgan fingerprint density at radius 1 is 1.00 bits per heavy atom. The second kappa shape index (κ2) is 9.25. The SMILES string of the molecule is Cc1cc(C(=O)CN2C(=O)NC(Cc3c[nH]c4ccccc34)C2=O)c(C)n1CCc1ccccc1. The van der Waals surface area contributed by atoms with Gasteiger partial charge < -0.3 is 14.9 Å². The number of H-pyrrole nitrogens is 1. The molecule has 0 saturated carbocycles. The molecule has 5 rings (SSSR count). The topological polar surface area (TPSA) is 87.2 Å². The van der Waals surface area contributed by atoms with Crippen LogP contribution in [0.25, 0.3) is 10.9 Å². The Hall–Kier alpha value is -4.13. The molecule has 2 aromatic heterocycles. The van der Waals surface area contributed by atoms with Gasteiger partial charge in [0.2, 0.25) is 0 Å². The number of aromatic nitrogens is 2. The molecule has 3 heterocycles. The third-order valence-corrected chi connectivity index (χ3v) is 6.85. The molecule has 35 heavy (non-hydrogen) atoms. The highest BCUT2D eigenvalue weighted by Crippen LogP contribution is 2.22. The number of hydrogen-bond donors (Lipinski definition) is 2. The molecule has 4 aromatic rings. The predicted molar refractivity (Wildman–Crippen MR) is 134 cm³/mol. The highest BCUT2D eigenvalue weighted by Gasteiger charge is 2.39. The van der Waals surface area contributed by atoms with Crippen LogP contribution < -0.4 is 5.32 Å². The molecule has 1 fully saturated rings. The summed E-state index contributed by atoms with van der Waals surface area (Å²) in [5.41, 5.74) is 5.55. The molecule has 1 aliphatic rings. The fourth-order valence-electron chi connectivity index (χ4n) is 4.93. The summed E-state index contributed by atoms with van der Waals surface area (Å²) in [6.07, 6.45) is 3.09. The predicted octanol–water partition coefficient (Wildman–Crippen LogP) is 4.17. The first-order valence-corrected chi connectivity index (χ1v) is 11.8. The maximum atomic E-state index is 13.2. The number of urea groups is 1. The van der Waals surface area contributed by atoms with Crippen LogP contribution in [-0.4, -0.2) is 44.8 Å². The Labute approximate surface area is 203 Å². The van der Waals surface area contributed by atoms with Crippen LogP contribution in [0.1, 0.15) is 32.9 Å². The first-order chi connectivity index (χ1) is 16.9. The average molecular weight is 469 g/mol. The van der Waals surface area contributed by atoms with Crippen molar-refractivity contribution in [3.8, 4) is 0 Å². The van der Waals surface area contributed by atoms with E-state index in [2.05, 4.69) is 27.0 Å². The third kappa shape index (κ3) is 4.37. The molecule has 2 aromatic carbocycles. The van der Waals surface area contributed by atoms with Gasteiger partial charge in [0, 0.05) is 47.0 Å². The summed E-state index contributed by atoms with van der Waals surface area (Å²) in [7, 11) is 0. The largest absolute Gasteiger partial charge is 0.361 e.